The number of hydrogen-bond donors (Lipinski definition) is 1. The van der Waals surface area contributed by atoms with Crippen LogP contribution in [0.4, 0.5) is 0 Å². The number of phenols is 1. The molecule has 0 bridgehead atoms. The lowest BCUT2D eigenvalue weighted by atomic mass is 10.2. The Bertz CT molecular complexity index is 690. The molecule has 0 saturated heterocycles. The molecule has 0 amide bonds. The number of hydrogen-bond acceptors (Lipinski definition) is 5. The monoisotopic (exact) mass is 306 g/mol. The second-order valence-corrected chi connectivity index (χ2v) is 4.30. The zero-order valence-corrected chi connectivity index (χ0v) is 10.6. The maximum absolute atomic E-state index is 9.40. The highest BCUT2D eigenvalue weighted by molar-refractivity contribution is 9.10. The fraction of sp³-hybridized carbons (Fsp3) is 0. The summed E-state index contributed by atoms with van der Waals surface area (Å²) in [4.78, 5) is 4.25. The van der Waals surface area contributed by atoms with Crippen LogP contribution in [0.25, 0.3) is 22.8 Å². The fourth-order valence-electron chi connectivity index (χ4n) is 1.54. The van der Waals surface area contributed by atoms with E-state index < -0.39 is 0 Å². The van der Waals surface area contributed by atoms with Crippen molar-refractivity contribution in [3.05, 3.63) is 41.3 Å². The first-order valence-electron chi connectivity index (χ1n) is 5.10. The number of furan rings is 1. The molecular formula is C12H7BrN2O3. The molecule has 0 aliphatic heterocycles. The van der Waals surface area contributed by atoms with Crippen molar-refractivity contribution in [3.8, 4) is 28.6 Å². The van der Waals surface area contributed by atoms with E-state index in [1.807, 2.05) is 0 Å². The molecule has 6 heteroatoms. The van der Waals surface area contributed by atoms with Gasteiger partial charge in [-0.2, -0.15) is 4.98 Å². The van der Waals surface area contributed by atoms with Crippen LogP contribution in [0.15, 0.2) is 50.2 Å². The van der Waals surface area contributed by atoms with Crippen LogP contribution < -0.4 is 0 Å². The smallest absolute Gasteiger partial charge is 0.262 e. The Hall–Kier alpha value is -2.08. The van der Waals surface area contributed by atoms with Gasteiger partial charge in [-0.15, -0.1) is 0 Å². The van der Waals surface area contributed by atoms with Gasteiger partial charge in [0.2, 0.25) is 5.82 Å². The van der Waals surface area contributed by atoms with Crippen molar-refractivity contribution < 1.29 is 14.0 Å². The zero-order valence-electron chi connectivity index (χ0n) is 9.00. The SMILES string of the molecule is Oc1cccc(-c2noc(-c3ccoc3Br)n2)c1. The van der Waals surface area contributed by atoms with Crippen molar-refractivity contribution in [2.75, 3.05) is 0 Å². The van der Waals surface area contributed by atoms with Crippen LogP contribution in [-0.4, -0.2) is 15.2 Å². The Morgan fingerprint density at radius 1 is 1.22 bits per heavy atom. The quantitative estimate of drug-likeness (QED) is 0.785. The van der Waals surface area contributed by atoms with E-state index >= 15 is 0 Å². The Morgan fingerprint density at radius 3 is 2.83 bits per heavy atom. The van der Waals surface area contributed by atoms with Crippen molar-refractivity contribution in [2.45, 2.75) is 0 Å². The lowest BCUT2D eigenvalue weighted by Crippen LogP contribution is -1.80. The van der Waals surface area contributed by atoms with Gasteiger partial charge in [-0.05, 0) is 34.1 Å². The summed E-state index contributed by atoms with van der Waals surface area (Å²) < 4.78 is 10.8. The molecule has 0 spiro atoms. The van der Waals surface area contributed by atoms with E-state index in [2.05, 4.69) is 26.1 Å². The number of nitrogens with zero attached hydrogens (tertiary/aromatic N) is 2. The number of phenolic OH excluding ortho intramolecular Hbond substituents is 1. The van der Waals surface area contributed by atoms with Crippen LogP contribution in [0.3, 0.4) is 0 Å². The summed E-state index contributed by atoms with van der Waals surface area (Å²) in [5.74, 6) is 0.923. The number of aromatic hydroxyl groups is 1. The third-order valence-electron chi connectivity index (χ3n) is 2.38. The van der Waals surface area contributed by atoms with Crippen molar-refractivity contribution >= 4 is 15.9 Å². The predicted molar refractivity (Wildman–Crippen MR) is 66.8 cm³/mol. The van der Waals surface area contributed by atoms with Gasteiger partial charge < -0.3 is 14.0 Å². The molecular weight excluding hydrogens is 300 g/mol. The van der Waals surface area contributed by atoms with E-state index in [0.717, 1.165) is 0 Å². The van der Waals surface area contributed by atoms with Crippen molar-refractivity contribution in [1.82, 2.24) is 10.1 Å². The molecule has 3 aromatic rings. The number of benzene rings is 1. The number of aromatic nitrogens is 2. The van der Waals surface area contributed by atoms with Gasteiger partial charge in [0.05, 0.1) is 11.8 Å². The molecule has 0 aliphatic carbocycles. The molecule has 3 rings (SSSR count). The molecule has 1 aromatic carbocycles. The molecule has 1 N–H and O–H groups in total. The second-order valence-electron chi connectivity index (χ2n) is 3.58. The summed E-state index contributed by atoms with van der Waals surface area (Å²) in [5.41, 5.74) is 1.37. The molecule has 0 radical (unpaired) electrons. The lowest BCUT2D eigenvalue weighted by Gasteiger charge is -1.94. The Labute approximate surface area is 110 Å². The molecule has 18 heavy (non-hydrogen) atoms. The Kier molecular flexibility index (Phi) is 2.64. The zero-order chi connectivity index (χ0) is 12.5. The Balaban J connectivity index is 2.02. The Morgan fingerprint density at radius 2 is 2.11 bits per heavy atom. The van der Waals surface area contributed by atoms with Gasteiger partial charge in [-0.25, -0.2) is 0 Å². The van der Waals surface area contributed by atoms with Crippen LogP contribution in [0, 0.1) is 0 Å². The van der Waals surface area contributed by atoms with Gasteiger partial charge in [0.25, 0.3) is 5.89 Å². The summed E-state index contributed by atoms with van der Waals surface area (Å²) >= 11 is 3.25. The maximum Gasteiger partial charge on any atom is 0.262 e. The van der Waals surface area contributed by atoms with E-state index in [9.17, 15) is 5.11 Å². The molecule has 0 aliphatic rings. The fourth-order valence-corrected chi connectivity index (χ4v) is 1.95. The first-order chi connectivity index (χ1) is 8.74. The minimum Gasteiger partial charge on any atom is -0.508 e. The van der Waals surface area contributed by atoms with E-state index in [1.54, 1.807) is 30.3 Å². The summed E-state index contributed by atoms with van der Waals surface area (Å²) in [5, 5.41) is 13.3. The molecule has 5 nitrogen and oxygen atoms in total. The molecule has 0 saturated carbocycles. The number of halogens is 1. The third-order valence-corrected chi connectivity index (χ3v) is 2.99. The van der Waals surface area contributed by atoms with Crippen molar-refractivity contribution in [3.63, 3.8) is 0 Å². The standard InChI is InChI=1S/C12H7BrN2O3/c13-10-9(4-5-17-10)12-14-11(15-18-12)7-2-1-3-8(16)6-7/h1-6,16H. The topological polar surface area (TPSA) is 72.3 Å². The minimum atomic E-state index is 0.156. The van der Waals surface area contributed by atoms with E-state index in [1.165, 1.54) is 6.26 Å². The van der Waals surface area contributed by atoms with Gasteiger partial charge in [0, 0.05) is 5.56 Å². The van der Waals surface area contributed by atoms with Crippen LogP contribution in [-0.2, 0) is 0 Å². The molecule has 0 unspecified atom stereocenters. The molecule has 90 valence electrons. The van der Waals surface area contributed by atoms with Crippen molar-refractivity contribution in [2.24, 2.45) is 0 Å². The molecule has 0 fully saturated rings. The molecule has 2 aromatic heterocycles. The van der Waals surface area contributed by atoms with Crippen LogP contribution in [0.2, 0.25) is 0 Å². The van der Waals surface area contributed by atoms with Crippen LogP contribution >= 0.6 is 15.9 Å². The van der Waals surface area contributed by atoms with Gasteiger partial charge in [-0.3, -0.25) is 0 Å². The summed E-state index contributed by atoms with van der Waals surface area (Å²) in [6.07, 6.45) is 1.53. The summed E-state index contributed by atoms with van der Waals surface area (Å²) in [6.45, 7) is 0. The van der Waals surface area contributed by atoms with Crippen molar-refractivity contribution in [1.29, 1.82) is 0 Å². The first-order valence-corrected chi connectivity index (χ1v) is 5.90. The summed E-state index contributed by atoms with van der Waals surface area (Å²) in [6, 6.07) is 8.38. The first kappa shape index (κ1) is 11.0. The van der Waals surface area contributed by atoms with Crippen LogP contribution in [0.1, 0.15) is 0 Å². The van der Waals surface area contributed by atoms with E-state index in [0.29, 0.717) is 27.5 Å². The average Bonchev–Trinajstić information content (AvgIpc) is 2.97. The van der Waals surface area contributed by atoms with Gasteiger partial charge in [0.1, 0.15) is 5.75 Å². The molecule has 0 atom stereocenters. The summed E-state index contributed by atoms with van der Waals surface area (Å²) in [7, 11) is 0. The average molecular weight is 307 g/mol. The second kappa shape index (κ2) is 4.30. The molecule has 2 heterocycles. The van der Waals surface area contributed by atoms with Crippen LogP contribution in [0.5, 0.6) is 5.75 Å². The third kappa shape index (κ3) is 1.91. The maximum atomic E-state index is 9.40. The minimum absolute atomic E-state index is 0.156. The largest absolute Gasteiger partial charge is 0.508 e. The lowest BCUT2D eigenvalue weighted by molar-refractivity contribution is 0.430. The van der Waals surface area contributed by atoms with E-state index in [4.69, 9.17) is 8.94 Å². The van der Waals surface area contributed by atoms with E-state index in [-0.39, 0.29) is 5.75 Å². The van der Waals surface area contributed by atoms with Gasteiger partial charge in [0.15, 0.2) is 4.67 Å². The van der Waals surface area contributed by atoms with Gasteiger partial charge >= 0.3 is 0 Å². The van der Waals surface area contributed by atoms with Gasteiger partial charge in [-0.1, -0.05) is 17.3 Å². The normalized spacial score (nSPS) is 10.7. The number of rotatable bonds is 2. The predicted octanol–water partition coefficient (Wildman–Crippen LogP) is 3.46. The highest BCUT2D eigenvalue weighted by Crippen LogP contribution is 2.29. The highest BCUT2D eigenvalue weighted by Gasteiger charge is 2.15. The highest BCUT2D eigenvalue weighted by atomic mass is 79.9.